The molecule has 3 fully saturated rings. The average molecular weight is 458 g/mol. The highest BCUT2D eigenvalue weighted by Crippen LogP contribution is 2.32. The number of aliphatic hydroxyl groups is 9. The minimum absolute atomic E-state index is 0.620. The predicted molar refractivity (Wildman–Crippen MR) is 93.8 cm³/mol. The van der Waals surface area contributed by atoms with Crippen molar-refractivity contribution < 1.29 is 69.6 Å². The Morgan fingerprint density at radius 1 is 0.581 bits per heavy atom. The Hall–Kier alpha value is -0.560. The maximum atomic E-state index is 10.5. The van der Waals surface area contributed by atoms with Crippen LogP contribution in [0.2, 0.25) is 0 Å². The van der Waals surface area contributed by atoms with Crippen molar-refractivity contribution in [2.45, 2.75) is 92.9 Å². The van der Waals surface area contributed by atoms with Crippen molar-refractivity contribution in [2.75, 3.05) is 13.2 Å². The van der Waals surface area contributed by atoms with Gasteiger partial charge in [0.25, 0.3) is 0 Å². The summed E-state index contributed by atoms with van der Waals surface area (Å²) in [6, 6.07) is 0. The molecule has 0 spiro atoms. The van der Waals surface area contributed by atoms with Crippen LogP contribution in [0.4, 0.5) is 0 Å². The zero-order valence-corrected chi connectivity index (χ0v) is 16.6. The van der Waals surface area contributed by atoms with Gasteiger partial charge in [0, 0.05) is 0 Å². The second kappa shape index (κ2) is 10.1. The van der Waals surface area contributed by atoms with Crippen LogP contribution in [0.25, 0.3) is 0 Å². The Labute approximate surface area is 176 Å². The fourth-order valence-corrected chi connectivity index (χ4v) is 3.78. The van der Waals surface area contributed by atoms with E-state index in [9.17, 15) is 46.0 Å². The smallest absolute Gasteiger partial charge is 0.187 e. The van der Waals surface area contributed by atoms with Gasteiger partial charge in [-0.3, -0.25) is 0 Å². The number of ether oxygens (including phenoxy) is 5. The first-order chi connectivity index (χ1) is 14.6. The number of hydrogen-bond acceptors (Lipinski definition) is 14. The lowest BCUT2D eigenvalue weighted by Crippen LogP contribution is -2.64. The summed E-state index contributed by atoms with van der Waals surface area (Å²) in [5.74, 6) is 0. The molecular weight excluding hydrogens is 428 g/mol. The van der Waals surface area contributed by atoms with E-state index in [2.05, 4.69) is 0 Å². The Bertz CT molecular complexity index is 579. The maximum absolute atomic E-state index is 10.5. The molecule has 0 aromatic heterocycles. The molecule has 0 aromatic rings. The van der Waals surface area contributed by atoms with Gasteiger partial charge >= 0.3 is 0 Å². The summed E-state index contributed by atoms with van der Waals surface area (Å²) >= 11 is 0. The van der Waals surface area contributed by atoms with Gasteiger partial charge in [-0.15, -0.1) is 0 Å². The molecule has 0 aliphatic carbocycles. The van der Waals surface area contributed by atoms with E-state index in [1.54, 1.807) is 0 Å². The van der Waals surface area contributed by atoms with Crippen LogP contribution in [-0.2, 0) is 23.7 Å². The van der Waals surface area contributed by atoms with Gasteiger partial charge in [0.1, 0.15) is 61.0 Å². The third kappa shape index (κ3) is 4.87. The van der Waals surface area contributed by atoms with E-state index < -0.39 is 99.2 Å². The van der Waals surface area contributed by atoms with E-state index in [4.69, 9.17) is 23.7 Å². The van der Waals surface area contributed by atoms with Crippen LogP contribution in [0, 0.1) is 0 Å². The Balaban J connectivity index is 1.79. The van der Waals surface area contributed by atoms with E-state index in [-0.39, 0.29) is 0 Å². The lowest BCUT2D eigenvalue weighted by atomic mass is 9.97. The molecule has 182 valence electrons. The third-order valence-corrected chi connectivity index (χ3v) is 5.70. The van der Waals surface area contributed by atoms with Crippen molar-refractivity contribution in [3.05, 3.63) is 0 Å². The first kappa shape index (κ1) is 25.1. The molecule has 3 aliphatic heterocycles. The second-order valence-electron chi connectivity index (χ2n) is 7.83. The van der Waals surface area contributed by atoms with Crippen LogP contribution in [0.5, 0.6) is 0 Å². The van der Waals surface area contributed by atoms with Gasteiger partial charge in [0.15, 0.2) is 18.9 Å². The standard InChI is InChI=1S/C17H30O14/c1-4-7(20)9(22)14(31-16-12(25)8(21)5(2-18)29-16)17(27-4)30-13-6(3-19)28-15(26)11(24)10(13)23/h4-26H,2-3H2,1H3/t4-,5+,6+,7-,8+,9+,10+,11+,12-,13+,14+,15?,16-,17-/m0/s1. The SMILES string of the molecule is C[C@@H]1O[C@@H](O[C@H]2[C@H](O)[C@@H](O)C(O)O[C@@H]2CO)[C@H](O[C@@H]2O[C@H](CO)[C@@H](O)[C@@H]2O)[C@H](O)[C@H]1O. The summed E-state index contributed by atoms with van der Waals surface area (Å²) in [6.07, 6.45) is -20.9. The van der Waals surface area contributed by atoms with E-state index in [1.807, 2.05) is 0 Å². The highest BCUT2D eigenvalue weighted by Gasteiger charge is 2.53. The fraction of sp³-hybridized carbons (Fsp3) is 1.00. The number of hydrogen-bond donors (Lipinski definition) is 9. The summed E-state index contributed by atoms with van der Waals surface area (Å²) in [5, 5.41) is 89.1. The van der Waals surface area contributed by atoms with Gasteiger partial charge in [0.05, 0.1) is 19.3 Å². The van der Waals surface area contributed by atoms with E-state index in [0.29, 0.717) is 0 Å². The maximum Gasteiger partial charge on any atom is 0.187 e. The summed E-state index contributed by atoms with van der Waals surface area (Å²) in [7, 11) is 0. The zero-order valence-electron chi connectivity index (χ0n) is 16.6. The molecule has 0 saturated carbocycles. The van der Waals surface area contributed by atoms with Gasteiger partial charge < -0.3 is 69.6 Å². The second-order valence-corrected chi connectivity index (χ2v) is 7.83. The minimum atomic E-state index is -1.78. The fourth-order valence-electron chi connectivity index (χ4n) is 3.78. The summed E-state index contributed by atoms with van der Waals surface area (Å²) < 4.78 is 26.9. The molecule has 0 amide bonds. The predicted octanol–water partition coefficient (Wildman–Crippen LogP) is -5.91. The monoisotopic (exact) mass is 458 g/mol. The van der Waals surface area contributed by atoms with Gasteiger partial charge in [0.2, 0.25) is 0 Å². The summed E-state index contributed by atoms with van der Waals surface area (Å²) in [4.78, 5) is 0. The summed E-state index contributed by atoms with van der Waals surface area (Å²) in [5.41, 5.74) is 0. The van der Waals surface area contributed by atoms with E-state index in [1.165, 1.54) is 6.92 Å². The molecular formula is C17H30O14. The minimum Gasteiger partial charge on any atom is -0.394 e. The van der Waals surface area contributed by atoms with Gasteiger partial charge in [-0.25, -0.2) is 0 Å². The van der Waals surface area contributed by atoms with Crippen molar-refractivity contribution >= 4 is 0 Å². The lowest BCUT2D eigenvalue weighted by molar-refractivity contribution is -0.369. The topological polar surface area (TPSA) is 228 Å². The van der Waals surface area contributed by atoms with Crippen LogP contribution < -0.4 is 0 Å². The molecule has 3 rings (SSSR count). The number of rotatable bonds is 6. The third-order valence-electron chi connectivity index (χ3n) is 5.70. The lowest BCUT2D eigenvalue weighted by Gasteiger charge is -2.46. The van der Waals surface area contributed by atoms with Crippen LogP contribution in [0.1, 0.15) is 6.92 Å². The first-order valence-electron chi connectivity index (χ1n) is 9.86. The molecule has 14 heteroatoms. The van der Waals surface area contributed by atoms with Crippen LogP contribution in [-0.4, -0.2) is 145 Å². The first-order valence-corrected chi connectivity index (χ1v) is 9.86. The number of aliphatic hydroxyl groups excluding tert-OH is 9. The Morgan fingerprint density at radius 2 is 1.16 bits per heavy atom. The largest absolute Gasteiger partial charge is 0.394 e. The molecule has 0 bridgehead atoms. The molecule has 3 saturated heterocycles. The molecule has 14 atom stereocenters. The Kier molecular flexibility index (Phi) is 8.21. The molecule has 14 nitrogen and oxygen atoms in total. The molecule has 9 N–H and O–H groups in total. The van der Waals surface area contributed by atoms with Crippen molar-refractivity contribution in [2.24, 2.45) is 0 Å². The Morgan fingerprint density at radius 3 is 1.74 bits per heavy atom. The van der Waals surface area contributed by atoms with Crippen LogP contribution in [0.3, 0.4) is 0 Å². The molecule has 3 heterocycles. The van der Waals surface area contributed by atoms with Crippen LogP contribution >= 0.6 is 0 Å². The van der Waals surface area contributed by atoms with Crippen molar-refractivity contribution in [3.63, 3.8) is 0 Å². The highest BCUT2D eigenvalue weighted by molar-refractivity contribution is 4.95. The average Bonchev–Trinajstić information content (AvgIpc) is 3.02. The van der Waals surface area contributed by atoms with Crippen molar-refractivity contribution in [3.8, 4) is 0 Å². The molecule has 1 unspecified atom stereocenters. The molecule has 3 aliphatic rings. The van der Waals surface area contributed by atoms with E-state index in [0.717, 1.165) is 0 Å². The van der Waals surface area contributed by atoms with Gasteiger partial charge in [-0.1, -0.05) is 0 Å². The molecule has 0 radical (unpaired) electrons. The quantitative estimate of drug-likeness (QED) is 0.181. The van der Waals surface area contributed by atoms with E-state index >= 15 is 0 Å². The van der Waals surface area contributed by atoms with Crippen LogP contribution in [0.15, 0.2) is 0 Å². The van der Waals surface area contributed by atoms with Gasteiger partial charge in [-0.05, 0) is 6.92 Å². The van der Waals surface area contributed by atoms with Gasteiger partial charge in [-0.2, -0.15) is 0 Å². The summed E-state index contributed by atoms with van der Waals surface area (Å²) in [6.45, 7) is 0.0908. The molecule has 0 aromatic carbocycles. The highest BCUT2D eigenvalue weighted by atomic mass is 16.8. The van der Waals surface area contributed by atoms with Crippen molar-refractivity contribution in [1.29, 1.82) is 0 Å². The molecule has 31 heavy (non-hydrogen) atoms. The van der Waals surface area contributed by atoms with Crippen molar-refractivity contribution in [1.82, 2.24) is 0 Å². The zero-order chi connectivity index (χ0) is 23.0. The normalized spacial score (nSPS) is 53.6.